The molecular weight excluding hydrogens is 350 g/mol. The van der Waals surface area contributed by atoms with E-state index in [-0.39, 0.29) is 0 Å². The third kappa shape index (κ3) is 4.12. The fourth-order valence-corrected chi connectivity index (χ4v) is 2.99. The largest absolute Gasteiger partial charge is 0.497 e. The van der Waals surface area contributed by atoms with Crippen LogP contribution in [-0.4, -0.2) is 32.5 Å². The Morgan fingerprint density at radius 2 is 1.69 bits per heavy atom. The van der Waals surface area contributed by atoms with Crippen LogP contribution < -0.4 is 19.6 Å². The van der Waals surface area contributed by atoms with E-state index in [2.05, 4.69) is 15.5 Å². The third-order valence-electron chi connectivity index (χ3n) is 3.69. The Hall–Kier alpha value is -3.06. The molecule has 0 aliphatic carbocycles. The molecule has 6 nitrogen and oxygen atoms in total. The first-order chi connectivity index (χ1) is 12.7. The van der Waals surface area contributed by atoms with Crippen molar-refractivity contribution in [2.75, 3.05) is 26.8 Å². The lowest BCUT2D eigenvalue weighted by molar-refractivity contribution is 0.402. The summed E-state index contributed by atoms with van der Waals surface area (Å²) in [6, 6.07) is 13.3. The summed E-state index contributed by atoms with van der Waals surface area (Å²) >= 11 is 1.48. The molecule has 26 heavy (non-hydrogen) atoms. The van der Waals surface area contributed by atoms with Gasteiger partial charge >= 0.3 is 0 Å². The van der Waals surface area contributed by atoms with Gasteiger partial charge in [-0.25, -0.2) is 4.98 Å². The number of nitrogens with one attached hydrogen (secondary N) is 1. The number of hydrogen-bond acceptors (Lipinski definition) is 7. The molecule has 1 aromatic heterocycles. The van der Waals surface area contributed by atoms with E-state index >= 15 is 0 Å². The molecule has 0 saturated carbocycles. The summed E-state index contributed by atoms with van der Waals surface area (Å²) in [5.74, 6) is 2.27. The van der Waals surface area contributed by atoms with Crippen molar-refractivity contribution in [2.45, 2.75) is 0 Å². The SMILES string of the molecule is COc1ccc(-c2csc(N/N=C\c3cc(OC)ccc3OC)n2)cc1. The first kappa shape index (κ1) is 17.8. The predicted molar refractivity (Wildman–Crippen MR) is 105 cm³/mol. The minimum atomic E-state index is 0.703. The Kier molecular flexibility index (Phi) is 5.70. The van der Waals surface area contributed by atoms with Crippen molar-refractivity contribution in [2.24, 2.45) is 5.10 Å². The van der Waals surface area contributed by atoms with E-state index in [4.69, 9.17) is 14.2 Å². The van der Waals surface area contributed by atoms with Gasteiger partial charge in [-0.05, 0) is 42.5 Å². The van der Waals surface area contributed by atoms with Gasteiger partial charge in [-0.15, -0.1) is 11.3 Å². The smallest absolute Gasteiger partial charge is 0.203 e. The number of hydrazone groups is 1. The van der Waals surface area contributed by atoms with Gasteiger partial charge in [0.05, 0.1) is 33.2 Å². The average Bonchev–Trinajstić information content (AvgIpc) is 3.17. The van der Waals surface area contributed by atoms with Gasteiger partial charge in [0, 0.05) is 16.5 Å². The van der Waals surface area contributed by atoms with Crippen molar-refractivity contribution in [3.8, 4) is 28.5 Å². The molecule has 7 heteroatoms. The molecule has 3 aromatic rings. The van der Waals surface area contributed by atoms with E-state index < -0.39 is 0 Å². The Morgan fingerprint density at radius 3 is 2.38 bits per heavy atom. The van der Waals surface area contributed by atoms with Gasteiger partial charge in [0.15, 0.2) is 0 Å². The number of rotatable bonds is 7. The quantitative estimate of drug-likeness (QED) is 0.497. The molecule has 1 heterocycles. The summed E-state index contributed by atoms with van der Waals surface area (Å²) in [6.07, 6.45) is 1.68. The van der Waals surface area contributed by atoms with Crippen LogP contribution in [0.15, 0.2) is 52.9 Å². The maximum atomic E-state index is 5.33. The van der Waals surface area contributed by atoms with Crippen molar-refractivity contribution in [3.05, 3.63) is 53.4 Å². The number of anilines is 1. The van der Waals surface area contributed by atoms with Crippen molar-refractivity contribution in [1.29, 1.82) is 0 Å². The molecule has 0 radical (unpaired) electrons. The molecule has 0 atom stereocenters. The molecule has 0 bridgehead atoms. The molecule has 0 saturated heterocycles. The van der Waals surface area contributed by atoms with Gasteiger partial charge in [0.2, 0.25) is 5.13 Å². The molecule has 1 N–H and O–H groups in total. The number of hydrogen-bond donors (Lipinski definition) is 1. The Bertz CT molecular complexity index is 891. The van der Waals surface area contributed by atoms with E-state index in [1.165, 1.54) is 11.3 Å². The molecule has 0 aliphatic rings. The molecule has 0 amide bonds. The van der Waals surface area contributed by atoms with E-state index in [0.29, 0.717) is 5.13 Å². The zero-order valence-electron chi connectivity index (χ0n) is 14.7. The standard InChI is InChI=1S/C19H19N3O3S/c1-23-15-6-4-13(5-7-15)17-12-26-19(21-17)22-20-11-14-10-16(24-2)8-9-18(14)25-3/h4-12H,1-3H3,(H,21,22)/b20-11-. The highest BCUT2D eigenvalue weighted by atomic mass is 32.1. The van der Waals surface area contributed by atoms with Crippen molar-refractivity contribution >= 4 is 22.7 Å². The number of nitrogens with zero attached hydrogens (tertiary/aromatic N) is 2. The summed E-state index contributed by atoms with van der Waals surface area (Å²) < 4.78 is 15.7. The Labute approximate surface area is 156 Å². The van der Waals surface area contributed by atoms with Crippen molar-refractivity contribution < 1.29 is 14.2 Å². The van der Waals surface area contributed by atoms with Crippen LogP contribution in [-0.2, 0) is 0 Å². The van der Waals surface area contributed by atoms with E-state index in [1.54, 1.807) is 27.5 Å². The van der Waals surface area contributed by atoms with Crippen LogP contribution >= 0.6 is 11.3 Å². The molecule has 0 spiro atoms. The Balaban J connectivity index is 1.70. The molecule has 0 aliphatic heterocycles. The molecule has 0 unspecified atom stereocenters. The summed E-state index contributed by atoms with van der Waals surface area (Å²) in [7, 11) is 4.89. The van der Waals surface area contributed by atoms with Crippen LogP contribution in [0.25, 0.3) is 11.3 Å². The van der Waals surface area contributed by atoms with Crippen LogP contribution in [0.2, 0.25) is 0 Å². The minimum Gasteiger partial charge on any atom is -0.497 e. The second-order valence-electron chi connectivity index (χ2n) is 5.24. The fraction of sp³-hybridized carbons (Fsp3) is 0.158. The topological polar surface area (TPSA) is 65.0 Å². The predicted octanol–water partition coefficient (Wildman–Crippen LogP) is 4.28. The average molecular weight is 369 g/mol. The van der Waals surface area contributed by atoms with Crippen molar-refractivity contribution in [3.63, 3.8) is 0 Å². The third-order valence-corrected chi connectivity index (χ3v) is 4.44. The van der Waals surface area contributed by atoms with Gasteiger partial charge in [0.25, 0.3) is 0 Å². The normalized spacial score (nSPS) is 10.7. The van der Waals surface area contributed by atoms with Crippen molar-refractivity contribution in [1.82, 2.24) is 4.98 Å². The van der Waals surface area contributed by atoms with Gasteiger partial charge in [0.1, 0.15) is 17.2 Å². The maximum Gasteiger partial charge on any atom is 0.203 e. The Morgan fingerprint density at radius 1 is 0.962 bits per heavy atom. The number of aromatic nitrogens is 1. The summed E-state index contributed by atoms with van der Waals surface area (Å²) in [4.78, 5) is 4.54. The van der Waals surface area contributed by atoms with Crippen LogP contribution in [0.4, 0.5) is 5.13 Å². The van der Waals surface area contributed by atoms with Gasteiger partial charge in [-0.1, -0.05) is 0 Å². The lowest BCUT2D eigenvalue weighted by Gasteiger charge is -2.06. The number of ether oxygens (including phenoxy) is 3. The molecule has 0 fully saturated rings. The number of thiazole rings is 1. The fourth-order valence-electron chi connectivity index (χ4n) is 2.32. The number of benzene rings is 2. The second kappa shape index (κ2) is 8.35. The van der Waals surface area contributed by atoms with Crippen LogP contribution in [0.3, 0.4) is 0 Å². The first-order valence-electron chi connectivity index (χ1n) is 7.84. The lowest BCUT2D eigenvalue weighted by atomic mass is 10.2. The minimum absolute atomic E-state index is 0.703. The van der Waals surface area contributed by atoms with Crippen LogP contribution in [0, 0.1) is 0 Å². The molecule has 134 valence electrons. The van der Waals surface area contributed by atoms with Gasteiger partial charge in [-0.3, -0.25) is 5.43 Å². The van der Waals surface area contributed by atoms with E-state index in [1.807, 2.05) is 47.8 Å². The zero-order valence-corrected chi connectivity index (χ0v) is 15.5. The molecule has 3 rings (SSSR count). The first-order valence-corrected chi connectivity index (χ1v) is 8.72. The second-order valence-corrected chi connectivity index (χ2v) is 6.10. The zero-order chi connectivity index (χ0) is 18.4. The highest BCUT2D eigenvalue weighted by molar-refractivity contribution is 7.14. The monoisotopic (exact) mass is 369 g/mol. The van der Waals surface area contributed by atoms with Crippen LogP contribution in [0.1, 0.15) is 5.56 Å². The molecular formula is C19H19N3O3S. The highest BCUT2D eigenvalue weighted by Gasteiger charge is 2.05. The lowest BCUT2D eigenvalue weighted by Crippen LogP contribution is -1.95. The van der Waals surface area contributed by atoms with E-state index in [9.17, 15) is 0 Å². The van der Waals surface area contributed by atoms with E-state index in [0.717, 1.165) is 34.1 Å². The van der Waals surface area contributed by atoms with Crippen LogP contribution in [0.5, 0.6) is 17.2 Å². The summed E-state index contributed by atoms with van der Waals surface area (Å²) in [5.41, 5.74) is 5.67. The van der Waals surface area contributed by atoms with Gasteiger partial charge < -0.3 is 14.2 Å². The van der Waals surface area contributed by atoms with Gasteiger partial charge in [-0.2, -0.15) is 5.10 Å². The molecule has 2 aromatic carbocycles. The summed E-state index contributed by atoms with van der Waals surface area (Å²) in [6.45, 7) is 0. The highest BCUT2D eigenvalue weighted by Crippen LogP contribution is 2.27. The maximum absolute atomic E-state index is 5.33. The summed E-state index contributed by atoms with van der Waals surface area (Å²) in [5, 5.41) is 6.93. The number of methoxy groups -OCH3 is 3.